The van der Waals surface area contributed by atoms with Crippen LogP contribution in [-0.2, 0) is 6.61 Å². The Morgan fingerprint density at radius 3 is 2.36 bits per heavy atom. The Morgan fingerprint density at radius 2 is 1.68 bits per heavy atom. The summed E-state index contributed by atoms with van der Waals surface area (Å²) < 4.78 is 11.3. The van der Waals surface area contributed by atoms with Crippen molar-refractivity contribution in [3.63, 3.8) is 0 Å². The lowest BCUT2D eigenvalue weighted by atomic mass is 10.1. The van der Waals surface area contributed by atoms with Crippen LogP contribution in [0.2, 0.25) is 10.0 Å². The number of rotatable bonds is 11. The van der Waals surface area contributed by atoms with Gasteiger partial charge in [0.15, 0.2) is 16.6 Å². The number of halogens is 2. The van der Waals surface area contributed by atoms with Crippen molar-refractivity contribution in [1.29, 1.82) is 0 Å². The summed E-state index contributed by atoms with van der Waals surface area (Å²) in [5, 5.41) is 20.0. The third-order valence-electron chi connectivity index (χ3n) is 6.26. The van der Waals surface area contributed by atoms with Gasteiger partial charge in [-0.15, -0.1) is 11.3 Å². The van der Waals surface area contributed by atoms with Crippen LogP contribution < -0.4 is 20.2 Å². The molecule has 0 unspecified atom stereocenters. The van der Waals surface area contributed by atoms with Crippen LogP contribution >= 0.6 is 34.5 Å². The monoisotopic (exact) mass is 646 g/mol. The summed E-state index contributed by atoms with van der Waals surface area (Å²) in [6.07, 6.45) is 1.44. The lowest BCUT2D eigenvalue weighted by Crippen LogP contribution is -2.17. The maximum absolute atomic E-state index is 12.7. The lowest BCUT2D eigenvalue weighted by Gasteiger charge is -2.13. The molecule has 1 amide bonds. The first-order valence-corrected chi connectivity index (χ1v) is 14.7. The van der Waals surface area contributed by atoms with Gasteiger partial charge in [0.2, 0.25) is 0 Å². The number of nitrogens with zero attached hydrogens (tertiary/aromatic N) is 2. The van der Waals surface area contributed by atoms with E-state index in [4.69, 9.17) is 37.8 Å². The molecule has 0 atom stereocenters. The lowest BCUT2D eigenvalue weighted by molar-refractivity contribution is 0.0696. The minimum atomic E-state index is -1.00. The summed E-state index contributed by atoms with van der Waals surface area (Å²) in [5.74, 6) is -0.691. The number of carboxylic acids is 1. The number of thiazole rings is 1. The number of hydrazone groups is 1. The van der Waals surface area contributed by atoms with Crippen LogP contribution in [0.25, 0.3) is 11.3 Å². The highest BCUT2D eigenvalue weighted by Gasteiger charge is 2.13. The number of hydrogen-bond acceptors (Lipinski definition) is 8. The van der Waals surface area contributed by atoms with Crippen LogP contribution in [0.15, 0.2) is 95.4 Å². The summed E-state index contributed by atoms with van der Waals surface area (Å²) in [5.41, 5.74) is 7.00. The van der Waals surface area contributed by atoms with Crippen molar-refractivity contribution >= 4 is 63.4 Å². The summed E-state index contributed by atoms with van der Waals surface area (Å²) >= 11 is 13.9. The van der Waals surface area contributed by atoms with E-state index >= 15 is 0 Å². The number of methoxy groups -OCH3 is 1. The minimum absolute atomic E-state index is 0.155. The van der Waals surface area contributed by atoms with Crippen molar-refractivity contribution in [2.24, 2.45) is 5.10 Å². The van der Waals surface area contributed by atoms with Crippen LogP contribution in [0.4, 0.5) is 10.8 Å². The molecule has 0 radical (unpaired) electrons. The molecule has 0 spiro atoms. The number of aromatic nitrogens is 1. The Morgan fingerprint density at radius 1 is 0.977 bits per heavy atom. The van der Waals surface area contributed by atoms with E-state index in [0.29, 0.717) is 27.6 Å². The molecular weight excluding hydrogens is 623 g/mol. The van der Waals surface area contributed by atoms with Crippen LogP contribution in [0.1, 0.15) is 31.8 Å². The summed E-state index contributed by atoms with van der Waals surface area (Å²) in [4.78, 5) is 28.3. The van der Waals surface area contributed by atoms with Gasteiger partial charge >= 0.3 is 5.97 Å². The van der Waals surface area contributed by atoms with Crippen molar-refractivity contribution in [2.75, 3.05) is 12.4 Å². The van der Waals surface area contributed by atoms with Gasteiger partial charge in [0.05, 0.1) is 29.6 Å². The second kappa shape index (κ2) is 14.0. The Labute approximate surface area is 266 Å². The smallest absolute Gasteiger partial charge is 0.335 e. The summed E-state index contributed by atoms with van der Waals surface area (Å²) in [6, 6.07) is 24.0. The summed E-state index contributed by atoms with van der Waals surface area (Å²) in [6.45, 7) is 0.155. The van der Waals surface area contributed by atoms with Crippen molar-refractivity contribution < 1.29 is 24.2 Å². The standard InChI is InChI=1S/C32H24Cl2N4O5S/c1-42-28-15-20(14-26(34)29(28)43-17-19-2-4-23(5-3-19)31(40)41)16-35-38-30(39)22-8-6-21(7-9-22)27-18-44-32(37-27)36-25-12-10-24(33)11-13-25/h2-16,18H,17H2,1H3,(H,36,37)(H,38,39)(H,40,41)/b35-16-. The SMILES string of the molecule is COc1cc(/C=N\NC(=O)c2ccc(-c3csc(Nc4ccc(Cl)cc4)n3)cc2)cc(Cl)c1OCc1ccc(C(=O)O)cc1. The molecular formula is C32H24Cl2N4O5S. The predicted octanol–water partition coefficient (Wildman–Crippen LogP) is 7.91. The zero-order valence-electron chi connectivity index (χ0n) is 23.1. The maximum Gasteiger partial charge on any atom is 0.335 e. The number of ether oxygens (including phenoxy) is 2. The van der Waals surface area contributed by atoms with E-state index in [2.05, 4.69) is 20.8 Å². The average Bonchev–Trinajstić information content (AvgIpc) is 3.50. The molecule has 1 aromatic heterocycles. The van der Waals surface area contributed by atoms with Crippen LogP contribution in [-0.4, -0.2) is 35.3 Å². The van der Waals surface area contributed by atoms with E-state index in [1.807, 2.05) is 29.6 Å². The highest BCUT2D eigenvalue weighted by Crippen LogP contribution is 2.36. The maximum atomic E-state index is 12.7. The second-order valence-corrected chi connectivity index (χ2v) is 11.0. The first-order chi connectivity index (χ1) is 21.3. The molecule has 5 aromatic rings. The van der Waals surface area contributed by atoms with Crippen LogP contribution in [0.3, 0.4) is 0 Å². The van der Waals surface area contributed by atoms with Gasteiger partial charge in [-0.3, -0.25) is 4.79 Å². The largest absolute Gasteiger partial charge is 0.493 e. The molecule has 0 saturated heterocycles. The van der Waals surface area contributed by atoms with E-state index in [1.54, 1.807) is 48.5 Å². The van der Waals surface area contributed by atoms with Crippen molar-refractivity contribution in [2.45, 2.75) is 6.61 Å². The highest BCUT2D eigenvalue weighted by molar-refractivity contribution is 7.14. The second-order valence-electron chi connectivity index (χ2n) is 9.27. The Hall–Kier alpha value is -4.90. The molecule has 3 N–H and O–H groups in total. The van der Waals surface area contributed by atoms with Gasteiger partial charge < -0.3 is 19.9 Å². The highest BCUT2D eigenvalue weighted by atomic mass is 35.5. The molecule has 0 fully saturated rings. The fraction of sp³-hybridized carbons (Fsp3) is 0.0625. The molecule has 9 nitrogen and oxygen atoms in total. The molecule has 0 aliphatic heterocycles. The zero-order valence-corrected chi connectivity index (χ0v) is 25.4. The quantitative estimate of drug-likeness (QED) is 0.0984. The molecule has 0 aliphatic carbocycles. The molecule has 44 heavy (non-hydrogen) atoms. The Kier molecular flexibility index (Phi) is 9.75. The molecule has 0 saturated carbocycles. The number of nitrogens with one attached hydrogen (secondary N) is 2. The molecule has 5 rings (SSSR count). The Bertz CT molecular complexity index is 1810. The van der Waals surface area contributed by atoms with Gasteiger partial charge in [0.1, 0.15) is 6.61 Å². The van der Waals surface area contributed by atoms with E-state index in [9.17, 15) is 9.59 Å². The van der Waals surface area contributed by atoms with Gasteiger partial charge in [0.25, 0.3) is 5.91 Å². The number of carbonyl (C=O) groups is 2. The topological polar surface area (TPSA) is 122 Å². The van der Waals surface area contributed by atoms with Crippen molar-refractivity contribution in [1.82, 2.24) is 10.4 Å². The average molecular weight is 648 g/mol. The van der Waals surface area contributed by atoms with E-state index < -0.39 is 5.97 Å². The van der Waals surface area contributed by atoms with E-state index in [1.165, 1.54) is 36.8 Å². The first-order valence-electron chi connectivity index (χ1n) is 13.0. The first kappa shape index (κ1) is 30.6. The molecule has 222 valence electrons. The van der Waals surface area contributed by atoms with Crippen LogP contribution in [0, 0.1) is 0 Å². The number of hydrogen-bond donors (Lipinski definition) is 3. The summed E-state index contributed by atoms with van der Waals surface area (Å²) in [7, 11) is 1.48. The van der Waals surface area contributed by atoms with Gasteiger partial charge in [0, 0.05) is 27.2 Å². The predicted molar refractivity (Wildman–Crippen MR) is 173 cm³/mol. The Balaban J connectivity index is 1.17. The van der Waals surface area contributed by atoms with Gasteiger partial charge in [-0.1, -0.05) is 47.5 Å². The van der Waals surface area contributed by atoms with Gasteiger partial charge in [-0.25, -0.2) is 15.2 Å². The third-order valence-corrected chi connectivity index (χ3v) is 7.55. The molecule has 12 heteroatoms. The van der Waals surface area contributed by atoms with E-state index in [0.717, 1.165) is 27.6 Å². The number of anilines is 2. The van der Waals surface area contributed by atoms with Crippen molar-refractivity contribution in [3.8, 4) is 22.8 Å². The number of benzene rings is 4. The van der Waals surface area contributed by atoms with Crippen LogP contribution in [0.5, 0.6) is 11.5 Å². The molecule has 0 aliphatic rings. The number of aromatic carboxylic acids is 1. The molecule has 1 heterocycles. The van der Waals surface area contributed by atoms with E-state index in [-0.39, 0.29) is 23.1 Å². The zero-order chi connectivity index (χ0) is 31.1. The fourth-order valence-electron chi connectivity index (χ4n) is 4.00. The molecule has 0 bridgehead atoms. The van der Waals surface area contributed by atoms with Gasteiger partial charge in [-0.2, -0.15) is 5.10 Å². The van der Waals surface area contributed by atoms with Crippen molar-refractivity contribution in [3.05, 3.63) is 123 Å². The number of amides is 1. The molecule has 4 aromatic carbocycles. The normalized spacial score (nSPS) is 10.9. The van der Waals surface area contributed by atoms with Gasteiger partial charge in [-0.05, 0) is 71.8 Å². The third kappa shape index (κ3) is 7.73. The fourth-order valence-corrected chi connectivity index (χ4v) is 5.14. The number of carbonyl (C=O) groups excluding carboxylic acids is 1. The minimum Gasteiger partial charge on any atom is -0.493 e. The number of carboxylic acid groups (broad SMARTS) is 1.